The van der Waals surface area contributed by atoms with Gasteiger partial charge in [-0.05, 0) is 78.5 Å². The zero-order chi connectivity index (χ0) is 25.8. The molecular weight excluding hydrogens is 476 g/mol. The monoisotopic (exact) mass is 508 g/mol. The lowest BCUT2D eigenvalue weighted by molar-refractivity contribution is 0.534. The molecule has 1 aromatic heterocycles. The molecule has 2 N–H and O–H groups in total. The zero-order valence-electron chi connectivity index (χ0n) is 22.0. The van der Waals surface area contributed by atoms with Crippen molar-refractivity contribution in [2.75, 3.05) is 5.32 Å². The Morgan fingerprint density at radius 1 is 0.795 bits per heavy atom. The maximum absolute atomic E-state index is 6.53. The minimum absolute atomic E-state index is 0.225. The Morgan fingerprint density at radius 2 is 1.67 bits per heavy atom. The molecular formula is C36H32N2O. The first kappa shape index (κ1) is 22.9. The molecule has 1 fully saturated rings. The first-order chi connectivity index (χ1) is 19.3. The van der Waals surface area contributed by atoms with Crippen LogP contribution in [0.15, 0.2) is 94.9 Å². The van der Waals surface area contributed by atoms with Gasteiger partial charge in [0.25, 0.3) is 0 Å². The van der Waals surface area contributed by atoms with E-state index in [1.165, 1.54) is 50.1 Å². The maximum atomic E-state index is 6.53. The summed E-state index contributed by atoms with van der Waals surface area (Å²) in [5.41, 5.74) is 13.2. The van der Waals surface area contributed by atoms with Crippen LogP contribution in [-0.2, 0) is 19.3 Å². The van der Waals surface area contributed by atoms with E-state index < -0.39 is 0 Å². The van der Waals surface area contributed by atoms with E-state index in [9.17, 15) is 0 Å². The molecule has 3 aromatic carbocycles. The highest BCUT2D eigenvalue weighted by Crippen LogP contribution is 2.43. The normalized spacial score (nSPS) is 20.8. The Balaban J connectivity index is 1.15. The van der Waals surface area contributed by atoms with Crippen molar-refractivity contribution in [3.05, 3.63) is 130 Å². The summed E-state index contributed by atoms with van der Waals surface area (Å²) < 4.78 is 6.53. The molecule has 1 aliphatic heterocycles. The second-order valence-electron chi connectivity index (χ2n) is 11.2. The van der Waals surface area contributed by atoms with Crippen LogP contribution < -0.4 is 10.6 Å². The summed E-state index contributed by atoms with van der Waals surface area (Å²) in [7, 11) is 0. The van der Waals surface area contributed by atoms with E-state index in [2.05, 4.69) is 108 Å². The molecule has 4 aromatic rings. The predicted molar refractivity (Wildman–Crippen MR) is 160 cm³/mol. The first-order valence-corrected chi connectivity index (χ1v) is 14.3. The number of furan rings is 1. The zero-order valence-corrected chi connectivity index (χ0v) is 22.0. The van der Waals surface area contributed by atoms with Gasteiger partial charge in [0.15, 0.2) is 0 Å². The number of allylic oxidation sites excluding steroid dienone is 2. The highest BCUT2D eigenvalue weighted by molar-refractivity contribution is 5.89. The average Bonchev–Trinajstić information content (AvgIpc) is 3.66. The van der Waals surface area contributed by atoms with Crippen molar-refractivity contribution in [1.29, 1.82) is 0 Å². The molecule has 0 amide bonds. The van der Waals surface area contributed by atoms with Gasteiger partial charge in [0.2, 0.25) is 0 Å². The SMILES string of the molecule is C1=Cc2oc3c(c2CC1)CCC=C3c1ccc(-c2ccccc2)cc1N[C@@H]1NC1C1=Cc2ccccc2CC1. The third-order valence-corrected chi connectivity index (χ3v) is 8.76. The fraction of sp³-hybridized carbons (Fsp3) is 0.222. The highest BCUT2D eigenvalue weighted by Gasteiger charge is 2.40. The second kappa shape index (κ2) is 9.29. The van der Waals surface area contributed by atoms with E-state index in [-0.39, 0.29) is 6.17 Å². The molecule has 4 aliphatic rings. The number of anilines is 1. The lowest BCUT2D eigenvalue weighted by atomic mass is 9.87. The molecule has 0 spiro atoms. The summed E-state index contributed by atoms with van der Waals surface area (Å²) in [4.78, 5) is 0. The van der Waals surface area contributed by atoms with Gasteiger partial charge in [0.1, 0.15) is 11.5 Å². The summed E-state index contributed by atoms with van der Waals surface area (Å²) in [6, 6.07) is 26.7. The Bertz CT molecular complexity index is 1670. The number of rotatable bonds is 5. The lowest BCUT2D eigenvalue weighted by Crippen LogP contribution is -2.13. The third-order valence-electron chi connectivity index (χ3n) is 8.76. The van der Waals surface area contributed by atoms with Gasteiger partial charge < -0.3 is 9.73 Å². The molecule has 1 unspecified atom stereocenters. The van der Waals surface area contributed by atoms with Crippen LogP contribution in [0.1, 0.15) is 58.6 Å². The fourth-order valence-corrected chi connectivity index (χ4v) is 6.67. The van der Waals surface area contributed by atoms with Crippen molar-refractivity contribution in [1.82, 2.24) is 5.32 Å². The quantitative estimate of drug-likeness (QED) is 0.268. The van der Waals surface area contributed by atoms with Gasteiger partial charge in [0, 0.05) is 28.0 Å². The predicted octanol–water partition coefficient (Wildman–Crippen LogP) is 8.02. The van der Waals surface area contributed by atoms with Crippen molar-refractivity contribution in [2.45, 2.75) is 50.7 Å². The van der Waals surface area contributed by atoms with Crippen LogP contribution in [0.4, 0.5) is 5.69 Å². The number of benzene rings is 3. The van der Waals surface area contributed by atoms with Gasteiger partial charge >= 0.3 is 0 Å². The van der Waals surface area contributed by atoms with Crippen molar-refractivity contribution in [3.63, 3.8) is 0 Å². The summed E-state index contributed by atoms with van der Waals surface area (Å²) in [5.74, 6) is 2.13. The summed E-state index contributed by atoms with van der Waals surface area (Å²) >= 11 is 0. The van der Waals surface area contributed by atoms with Crippen molar-refractivity contribution >= 4 is 23.4 Å². The molecule has 2 atom stereocenters. The molecule has 3 nitrogen and oxygen atoms in total. The first-order valence-electron chi connectivity index (χ1n) is 14.3. The number of hydrogen-bond donors (Lipinski definition) is 2. The van der Waals surface area contributed by atoms with E-state index in [1.807, 2.05) is 0 Å². The number of hydrogen-bond acceptors (Lipinski definition) is 3. The van der Waals surface area contributed by atoms with Crippen LogP contribution in [0, 0.1) is 0 Å². The summed E-state index contributed by atoms with van der Waals surface area (Å²) in [6.45, 7) is 0. The van der Waals surface area contributed by atoms with Crippen LogP contribution in [0.3, 0.4) is 0 Å². The van der Waals surface area contributed by atoms with Gasteiger partial charge in [-0.3, -0.25) is 5.32 Å². The molecule has 192 valence electrons. The number of nitrogens with one attached hydrogen (secondary N) is 2. The number of aryl methyl sites for hydroxylation is 1. The topological polar surface area (TPSA) is 47.1 Å². The van der Waals surface area contributed by atoms with Gasteiger partial charge in [-0.1, -0.05) is 85.0 Å². The molecule has 1 saturated heterocycles. The van der Waals surface area contributed by atoms with Crippen LogP contribution in [-0.4, -0.2) is 12.2 Å². The van der Waals surface area contributed by atoms with Gasteiger partial charge in [0.05, 0.1) is 12.2 Å². The summed E-state index contributed by atoms with van der Waals surface area (Å²) in [5, 5.41) is 7.64. The Kier molecular flexibility index (Phi) is 5.44. The Hall–Kier alpha value is -4.08. The Morgan fingerprint density at radius 3 is 2.62 bits per heavy atom. The van der Waals surface area contributed by atoms with Crippen LogP contribution in [0.25, 0.3) is 28.9 Å². The molecule has 39 heavy (non-hydrogen) atoms. The van der Waals surface area contributed by atoms with Crippen molar-refractivity contribution < 1.29 is 4.42 Å². The van der Waals surface area contributed by atoms with Crippen molar-refractivity contribution in [3.8, 4) is 11.1 Å². The number of fused-ring (bicyclic) bond motifs is 4. The minimum atomic E-state index is 0.225. The van der Waals surface area contributed by atoms with Crippen LogP contribution >= 0.6 is 0 Å². The van der Waals surface area contributed by atoms with Gasteiger partial charge in [-0.15, -0.1) is 0 Å². The standard InChI is InChI=1S/C36H32N2O/c1-2-9-23(10-3-1)26-19-20-28(30-14-8-15-31-29-13-6-7-16-33(29)39-35(30)31)32(22-26)37-36-34(38-36)27-18-17-24-11-4-5-12-25(24)21-27/h1-5,7,9-12,14,16,19-22,34,36-38H,6,8,13,15,17-18H2/t34?,36-/m1/s1. The van der Waals surface area contributed by atoms with E-state index >= 15 is 0 Å². The Labute approximate surface area is 230 Å². The van der Waals surface area contributed by atoms with Crippen LogP contribution in [0.2, 0.25) is 0 Å². The maximum Gasteiger partial charge on any atom is 0.138 e. The fourth-order valence-electron chi connectivity index (χ4n) is 6.67. The third kappa shape index (κ3) is 4.09. The van der Waals surface area contributed by atoms with E-state index in [4.69, 9.17) is 4.42 Å². The van der Waals surface area contributed by atoms with Gasteiger partial charge in [-0.2, -0.15) is 0 Å². The highest BCUT2D eigenvalue weighted by atomic mass is 16.3. The van der Waals surface area contributed by atoms with Gasteiger partial charge in [-0.25, -0.2) is 0 Å². The van der Waals surface area contributed by atoms with E-state index in [0.29, 0.717) is 6.04 Å². The summed E-state index contributed by atoms with van der Waals surface area (Å²) in [6.07, 6.45) is 15.9. The molecule has 3 aliphatic carbocycles. The molecule has 2 heterocycles. The molecule has 0 bridgehead atoms. The van der Waals surface area contributed by atoms with Crippen molar-refractivity contribution in [2.24, 2.45) is 0 Å². The van der Waals surface area contributed by atoms with E-state index in [0.717, 1.165) is 55.7 Å². The smallest absolute Gasteiger partial charge is 0.138 e. The average molecular weight is 509 g/mol. The molecule has 0 saturated carbocycles. The van der Waals surface area contributed by atoms with Crippen LogP contribution in [0.5, 0.6) is 0 Å². The molecule has 3 heteroatoms. The van der Waals surface area contributed by atoms with E-state index in [1.54, 1.807) is 0 Å². The molecule has 8 rings (SSSR count). The largest absolute Gasteiger partial charge is 0.456 e. The lowest BCUT2D eigenvalue weighted by Gasteiger charge is -2.19. The second-order valence-corrected chi connectivity index (χ2v) is 11.2. The molecule has 0 radical (unpaired) electrons. The minimum Gasteiger partial charge on any atom is -0.456 e.